The summed E-state index contributed by atoms with van der Waals surface area (Å²) in [6.45, 7) is 9.56. The summed E-state index contributed by atoms with van der Waals surface area (Å²) in [5.41, 5.74) is 1.50. The van der Waals surface area contributed by atoms with Gasteiger partial charge in [0.2, 0.25) is 0 Å². The number of aromatic nitrogens is 1. The van der Waals surface area contributed by atoms with Gasteiger partial charge < -0.3 is 10.2 Å². The van der Waals surface area contributed by atoms with E-state index in [2.05, 4.69) is 36.8 Å². The Kier molecular flexibility index (Phi) is 5.09. The molecule has 122 valence electrons. The molecule has 0 amide bonds. The first-order valence-corrected chi connectivity index (χ1v) is 8.16. The quantitative estimate of drug-likeness (QED) is 0.863. The third-order valence-electron chi connectivity index (χ3n) is 4.24. The molecular formula is C18H28FN3. The first-order valence-electron chi connectivity index (χ1n) is 8.16. The monoisotopic (exact) mass is 305 g/mol. The third-order valence-corrected chi connectivity index (χ3v) is 4.24. The summed E-state index contributed by atoms with van der Waals surface area (Å²) < 4.78 is 13.6. The van der Waals surface area contributed by atoms with Crippen LogP contribution in [-0.4, -0.2) is 30.3 Å². The predicted molar refractivity (Wildman–Crippen MR) is 91.9 cm³/mol. The van der Waals surface area contributed by atoms with Crippen molar-refractivity contribution in [2.24, 2.45) is 0 Å². The van der Waals surface area contributed by atoms with Gasteiger partial charge in [-0.1, -0.05) is 26.0 Å². The molecule has 0 radical (unpaired) electrons. The highest BCUT2D eigenvalue weighted by atomic mass is 19.1. The number of nitrogens with one attached hydrogen (secondary N) is 1. The number of hydrogen-bond acceptors (Lipinski definition) is 3. The molecule has 22 heavy (non-hydrogen) atoms. The van der Waals surface area contributed by atoms with Gasteiger partial charge in [0.15, 0.2) is 0 Å². The van der Waals surface area contributed by atoms with Crippen molar-refractivity contribution in [3.63, 3.8) is 0 Å². The zero-order valence-corrected chi connectivity index (χ0v) is 14.2. The van der Waals surface area contributed by atoms with Crippen LogP contribution in [0.15, 0.2) is 18.7 Å². The van der Waals surface area contributed by atoms with E-state index in [1.54, 1.807) is 13.8 Å². The van der Waals surface area contributed by atoms with Crippen molar-refractivity contribution in [1.82, 2.24) is 10.3 Å². The van der Waals surface area contributed by atoms with Crippen LogP contribution in [-0.2, 0) is 6.42 Å². The third kappa shape index (κ3) is 3.99. The lowest BCUT2D eigenvalue weighted by molar-refractivity contribution is 0.219. The molecular weight excluding hydrogens is 277 g/mol. The number of anilines is 1. The largest absolute Gasteiger partial charge is 0.381 e. The highest BCUT2D eigenvalue weighted by molar-refractivity contribution is 5.62. The van der Waals surface area contributed by atoms with Crippen LogP contribution < -0.4 is 10.2 Å². The van der Waals surface area contributed by atoms with E-state index in [0.29, 0.717) is 11.7 Å². The Morgan fingerprint density at radius 3 is 2.86 bits per heavy atom. The van der Waals surface area contributed by atoms with E-state index in [4.69, 9.17) is 4.98 Å². The molecule has 0 bridgehead atoms. The Bertz CT molecular complexity index is 534. The van der Waals surface area contributed by atoms with Gasteiger partial charge in [0, 0.05) is 19.6 Å². The molecule has 0 fully saturated rings. The highest BCUT2D eigenvalue weighted by Crippen LogP contribution is 2.30. The fraction of sp³-hybridized carbons (Fsp3) is 0.611. The number of alkyl halides is 1. The maximum absolute atomic E-state index is 13.6. The van der Waals surface area contributed by atoms with E-state index in [9.17, 15) is 4.39 Å². The van der Waals surface area contributed by atoms with Crippen LogP contribution in [0.5, 0.6) is 0 Å². The molecule has 2 heterocycles. The summed E-state index contributed by atoms with van der Waals surface area (Å²) in [7, 11) is 2.12. The second-order valence-corrected chi connectivity index (χ2v) is 6.82. The summed E-state index contributed by atoms with van der Waals surface area (Å²) in [5, 5.41) is 3.05. The Morgan fingerprint density at radius 1 is 1.50 bits per heavy atom. The molecule has 1 N–H and O–H groups in total. The summed E-state index contributed by atoms with van der Waals surface area (Å²) in [6.07, 6.45) is 4.64. The van der Waals surface area contributed by atoms with Crippen molar-refractivity contribution in [3.05, 3.63) is 30.0 Å². The fourth-order valence-electron chi connectivity index (χ4n) is 2.91. The van der Waals surface area contributed by atoms with Crippen molar-refractivity contribution < 1.29 is 4.39 Å². The lowest BCUT2D eigenvalue weighted by Crippen LogP contribution is -2.37. The molecule has 1 aromatic heterocycles. The first-order chi connectivity index (χ1) is 10.3. The van der Waals surface area contributed by atoms with Crippen LogP contribution >= 0.6 is 0 Å². The van der Waals surface area contributed by atoms with Crippen molar-refractivity contribution in [3.8, 4) is 0 Å². The predicted octanol–water partition coefficient (Wildman–Crippen LogP) is 3.94. The molecule has 1 aliphatic rings. The van der Waals surface area contributed by atoms with Crippen LogP contribution in [0, 0.1) is 0 Å². The fourth-order valence-corrected chi connectivity index (χ4v) is 2.91. The van der Waals surface area contributed by atoms with E-state index < -0.39 is 5.67 Å². The molecule has 1 atom stereocenters. The number of rotatable bonds is 6. The zero-order valence-electron chi connectivity index (χ0n) is 14.2. The SMILES string of the molecule is C=C(NCC(C)(C)F)c1ccc2c(n1)N(C)C(CCC)CC2. The highest BCUT2D eigenvalue weighted by Gasteiger charge is 2.24. The second-order valence-electron chi connectivity index (χ2n) is 6.82. The molecule has 1 aliphatic heterocycles. The summed E-state index contributed by atoms with van der Waals surface area (Å²) >= 11 is 0. The van der Waals surface area contributed by atoms with Crippen molar-refractivity contribution in [2.75, 3.05) is 18.5 Å². The van der Waals surface area contributed by atoms with Gasteiger partial charge in [0.05, 0.1) is 11.4 Å². The maximum Gasteiger partial charge on any atom is 0.132 e. The average Bonchev–Trinajstić information content (AvgIpc) is 2.47. The minimum Gasteiger partial charge on any atom is -0.381 e. The second kappa shape index (κ2) is 6.67. The van der Waals surface area contributed by atoms with Gasteiger partial charge in [-0.2, -0.15) is 0 Å². The summed E-state index contributed by atoms with van der Waals surface area (Å²) in [6, 6.07) is 4.67. The van der Waals surface area contributed by atoms with Gasteiger partial charge in [-0.15, -0.1) is 0 Å². The summed E-state index contributed by atoms with van der Waals surface area (Å²) in [5.74, 6) is 1.05. The number of pyridine rings is 1. The Morgan fingerprint density at radius 2 is 2.23 bits per heavy atom. The van der Waals surface area contributed by atoms with Gasteiger partial charge in [-0.05, 0) is 44.7 Å². The van der Waals surface area contributed by atoms with Crippen LogP contribution in [0.2, 0.25) is 0 Å². The first kappa shape index (κ1) is 16.8. The molecule has 1 aromatic rings. The lowest BCUT2D eigenvalue weighted by Gasteiger charge is -2.35. The maximum atomic E-state index is 13.6. The number of halogens is 1. The minimum absolute atomic E-state index is 0.235. The molecule has 3 nitrogen and oxygen atoms in total. The average molecular weight is 305 g/mol. The van der Waals surface area contributed by atoms with Crippen molar-refractivity contribution >= 4 is 11.5 Å². The number of hydrogen-bond donors (Lipinski definition) is 1. The van der Waals surface area contributed by atoms with E-state index in [1.165, 1.54) is 24.8 Å². The molecule has 2 rings (SSSR count). The Balaban J connectivity index is 2.15. The molecule has 0 spiro atoms. The molecule has 1 unspecified atom stereocenters. The lowest BCUT2D eigenvalue weighted by atomic mass is 9.96. The topological polar surface area (TPSA) is 28.2 Å². The van der Waals surface area contributed by atoms with E-state index in [0.717, 1.165) is 17.9 Å². The Labute approximate surface area is 133 Å². The molecule has 0 saturated heterocycles. The standard InChI is InChI=1S/C18H28FN3/c1-6-7-15-10-8-14-9-11-16(21-17(14)22(15)5)13(2)20-12-18(3,4)19/h9,11,15,20H,2,6-8,10,12H2,1,3-5H3. The number of aryl methyl sites for hydroxylation is 1. The van der Waals surface area contributed by atoms with Gasteiger partial charge in [-0.25, -0.2) is 9.37 Å². The van der Waals surface area contributed by atoms with Gasteiger partial charge in [0.1, 0.15) is 11.5 Å². The van der Waals surface area contributed by atoms with Crippen molar-refractivity contribution in [1.29, 1.82) is 0 Å². The minimum atomic E-state index is -1.26. The van der Waals surface area contributed by atoms with Crippen LogP contribution in [0.1, 0.15) is 51.3 Å². The van der Waals surface area contributed by atoms with Gasteiger partial charge in [-0.3, -0.25) is 0 Å². The van der Waals surface area contributed by atoms with E-state index in [1.807, 2.05) is 6.07 Å². The Hall–Kier alpha value is -1.58. The smallest absolute Gasteiger partial charge is 0.132 e. The van der Waals surface area contributed by atoms with Crippen LogP contribution in [0.3, 0.4) is 0 Å². The number of fused-ring (bicyclic) bond motifs is 1. The molecule has 0 aromatic carbocycles. The summed E-state index contributed by atoms with van der Waals surface area (Å²) in [4.78, 5) is 7.06. The van der Waals surface area contributed by atoms with Crippen LogP contribution in [0.4, 0.5) is 10.2 Å². The van der Waals surface area contributed by atoms with E-state index >= 15 is 0 Å². The van der Waals surface area contributed by atoms with Gasteiger partial charge in [0.25, 0.3) is 0 Å². The van der Waals surface area contributed by atoms with Crippen LogP contribution in [0.25, 0.3) is 5.70 Å². The zero-order chi connectivity index (χ0) is 16.3. The molecule has 0 aliphatic carbocycles. The van der Waals surface area contributed by atoms with Gasteiger partial charge >= 0.3 is 0 Å². The molecule has 4 heteroatoms. The normalized spacial score (nSPS) is 18.0. The molecule has 0 saturated carbocycles. The van der Waals surface area contributed by atoms with Crippen molar-refractivity contribution in [2.45, 2.75) is 58.2 Å². The number of nitrogens with zero attached hydrogens (tertiary/aromatic N) is 2. The van der Waals surface area contributed by atoms with E-state index in [-0.39, 0.29) is 6.54 Å².